The maximum absolute atomic E-state index is 4.68. The maximum Gasteiger partial charge on any atom is 0.398 e. The summed E-state index contributed by atoms with van der Waals surface area (Å²) < 4.78 is 11.6. The van der Waals surface area contributed by atoms with E-state index in [9.17, 15) is 0 Å². The zero-order chi connectivity index (χ0) is 5.40. The van der Waals surface area contributed by atoms with E-state index in [1.807, 2.05) is 0 Å². The molecule has 0 radical (unpaired) electrons. The number of hydrogen-bond donors (Lipinski definition) is 0. The molecule has 0 aromatic carbocycles. The quantitative estimate of drug-likeness (QED) is 0.545. The zero-order valence-electron chi connectivity index (χ0n) is 4.54. The molecule has 0 N–H and O–H groups in total. The van der Waals surface area contributed by atoms with Gasteiger partial charge in [-0.1, -0.05) is 0 Å². The number of hydrogen-bond acceptors (Lipinski definition) is 3. The SMILES string of the molecule is C1CCN(p2oo2)C1. The average Bonchev–Trinajstić information content (AvgIpc) is 2.49. The van der Waals surface area contributed by atoms with Gasteiger partial charge in [0.25, 0.3) is 0 Å². The van der Waals surface area contributed by atoms with Crippen LogP contribution in [-0.4, -0.2) is 13.1 Å². The highest BCUT2D eigenvalue weighted by Gasteiger charge is 2.22. The molecule has 0 saturated carbocycles. The van der Waals surface area contributed by atoms with Crippen LogP contribution in [0.25, 0.3) is 0 Å². The molecule has 3 nitrogen and oxygen atoms in total. The van der Waals surface area contributed by atoms with E-state index in [4.69, 9.17) is 0 Å². The van der Waals surface area contributed by atoms with E-state index < -0.39 is 8.16 Å². The van der Waals surface area contributed by atoms with Gasteiger partial charge in [0.2, 0.25) is 0 Å². The van der Waals surface area contributed by atoms with Crippen LogP contribution in [0.3, 0.4) is 0 Å². The van der Waals surface area contributed by atoms with E-state index in [2.05, 4.69) is 13.4 Å². The van der Waals surface area contributed by atoms with Crippen LogP contribution in [0.15, 0.2) is 8.71 Å². The van der Waals surface area contributed by atoms with Gasteiger partial charge in [-0.25, -0.2) is 8.71 Å². The van der Waals surface area contributed by atoms with Crippen molar-refractivity contribution in [2.24, 2.45) is 0 Å². The fourth-order valence-electron chi connectivity index (χ4n) is 0.973. The molecule has 2 rings (SSSR count). The van der Waals surface area contributed by atoms with Gasteiger partial charge in [0.15, 0.2) is 0 Å². The molecule has 2 heterocycles. The smallest absolute Gasteiger partial charge is 0.218 e. The Morgan fingerprint density at radius 3 is 2.25 bits per heavy atom. The van der Waals surface area contributed by atoms with Crippen LogP contribution in [0.4, 0.5) is 0 Å². The van der Waals surface area contributed by atoms with Crippen LogP contribution in [0, 0.1) is 0 Å². The van der Waals surface area contributed by atoms with Crippen LogP contribution >= 0.6 is 8.16 Å². The summed E-state index contributed by atoms with van der Waals surface area (Å²) in [5.74, 6) is 0. The summed E-state index contributed by atoms with van der Waals surface area (Å²) in [4.78, 5) is 0. The van der Waals surface area contributed by atoms with Crippen molar-refractivity contribution in [1.29, 1.82) is 0 Å². The molecule has 8 heavy (non-hydrogen) atoms. The minimum absolute atomic E-state index is 0.518. The van der Waals surface area contributed by atoms with Gasteiger partial charge in [-0.2, -0.15) is 4.67 Å². The van der Waals surface area contributed by atoms with Crippen LogP contribution in [-0.2, 0) is 0 Å². The first kappa shape index (κ1) is 4.71. The molecular formula is C4H8NO2P. The third-order valence-electron chi connectivity index (χ3n) is 1.45. The lowest BCUT2D eigenvalue weighted by Crippen LogP contribution is -2.10. The van der Waals surface area contributed by atoms with Crippen LogP contribution in [0.2, 0.25) is 0 Å². The summed E-state index contributed by atoms with van der Waals surface area (Å²) in [6, 6.07) is 0. The van der Waals surface area contributed by atoms with Crippen LogP contribution in [0.5, 0.6) is 0 Å². The molecule has 0 unspecified atom stereocenters. The Hall–Kier alpha value is -0.140. The second-order valence-electron chi connectivity index (χ2n) is 2.05. The van der Waals surface area contributed by atoms with Gasteiger partial charge in [0.05, 0.1) is 0 Å². The normalized spacial score (nSPS) is 23.0. The fraction of sp³-hybridized carbons (Fsp3) is 1.00. The van der Waals surface area contributed by atoms with E-state index in [-0.39, 0.29) is 0 Å². The maximum atomic E-state index is 4.68. The van der Waals surface area contributed by atoms with Gasteiger partial charge >= 0.3 is 8.16 Å². The molecule has 0 spiro atoms. The van der Waals surface area contributed by atoms with Gasteiger partial charge in [-0.15, -0.1) is 0 Å². The summed E-state index contributed by atoms with van der Waals surface area (Å²) in [5, 5.41) is 0. The molecule has 1 aliphatic heterocycles. The first-order chi connectivity index (χ1) is 3.97. The van der Waals surface area contributed by atoms with E-state index in [0.717, 1.165) is 0 Å². The summed E-state index contributed by atoms with van der Waals surface area (Å²) in [6.45, 7) is 2.34. The minimum Gasteiger partial charge on any atom is -0.218 e. The molecule has 1 aliphatic rings. The summed E-state index contributed by atoms with van der Waals surface area (Å²) in [6.07, 6.45) is 2.62. The van der Waals surface area contributed by atoms with Crippen LogP contribution < -0.4 is 4.67 Å². The minimum atomic E-state index is -0.518. The van der Waals surface area contributed by atoms with Crippen molar-refractivity contribution in [3.8, 4) is 0 Å². The molecule has 4 heteroatoms. The lowest BCUT2D eigenvalue weighted by molar-refractivity contribution is 0.264. The van der Waals surface area contributed by atoms with Gasteiger partial charge in [0.1, 0.15) is 0 Å². The highest BCUT2D eigenvalue weighted by Crippen LogP contribution is 2.39. The largest absolute Gasteiger partial charge is 0.398 e. The molecule has 1 fully saturated rings. The Morgan fingerprint density at radius 1 is 1.12 bits per heavy atom. The van der Waals surface area contributed by atoms with Crippen molar-refractivity contribution < 1.29 is 8.71 Å². The van der Waals surface area contributed by atoms with Gasteiger partial charge in [-0.05, 0) is 12.8 Å². The Balaban J connectivity index is 1.99. The summed E-state index contributed by atoms with van der Waals surface area (Å²) in [7, 11) is -0.518. The predicted octanol–water partition coefficient (Wildman–Crippen LogP) is 1.59. The number of rotatable bonds is 1. The molecule has 1 aromatic rings. The van der Waals surface area contributed by atoms with Crippen LogP contribution in [0.1, 0.15) is 12.8 Å². The van der Waals surface area contributed by atoms with Crippen molar-refractivity contribution in [2.75, 3.05) is 17.8 Å². The second-order valence-corrected chi connectivity index (χ2v) is 3.39. The van der Waals surface area contributed by atoms with Gasteiger partial charge < -0.3 is 0 Å². The van der Waals surface area contributed by atoms with E-state index in [1.165, 1.54) is 25.9 Å². The fourth-order valence-corrected chi connectivity index (χ4v) is 1.89. The molecule has 1 aromatic heterocycles. The lowest BCUT2D eigenvalue weighted by atomic mass is 10.4. The first-order valence-corrected chi connectivity index (χ1v) is 3.99. The second kappa shape index (κ2) is 1.67. The van der Waals surface area contributed by atoms with Crippen molar-refractivity contribution in [2.45, 2.75) is 12.8 Å². The van der Waals surface area contributed by atoms with Crippen molar-refractivity contribution in [3.05, 3.63) is 0 Å². The molecule has 0 amide bonds. The van der Waals surface area contributed by atoms with Crippen molar-refractivity contribution >= 4 is 8.16 Å². The monoisotopic (exact) mass is 133 g/mol. The van der Waals surface area contributed by atoms with Gasteiger partial charge in [-0.3, -0.25) is 0 Å². The zero-order valence-corrected chi connectivity index (χ0v) is 5.43. The predicted molar refractivity (Wildman–Crippen MR) is 30.9 cm³/mol. The Morgan fingerprint density at radius 2 is 1.75 bits per heavy atom. The Labute approximate surface area is 48.5 Å². The van der Waals surface area contributed by atoms with E-state index in [1.54, 1.807) is 0 Å². The lowest BCUT2D eigenvalue weighted by Gasteiger charge is -1.96. The molecular weight excluding hydrogens is 125 g/mol. The highest BCUT2D eigenvalue weighted by molar-refractivity contribution is 7.40. The van der Waals surface area contributed by atoms with E-state index >= 15 is 0 Å². The third kappa shape index (κ3) is 0.721. The average molecular weight is 133 g/mol. The first-order valence-electron chi connectivity index (χ1n) is 2.86. The standard InChI is InChI=1S/C4H8NO2P/c1-2-4-5(3-1)8-6-7-8/h1-4H2. The summed E-state index contributed by atoms with van der Waals surface area (Å²) >= 11 is 0. The van der Waals surface area contributed by atoms with E-state index in [0.29, 0.717) is 0 Å². The number of nitrogens with zero attached hydrogens (tertiary/aromatic N) is 1. The van der Waals surface area contributed by atoms with Crippen molar-refractivity contribution in [3.63, 3.8) is 0 Å². The topological polar surface area (TPSA) is 29.5 Å². The molecule has 1 saturated heterocycles. The molecule has 0 atom stereocenters. The molecule has 46 valence electrons. The Bertz CT molecular complexity index is 140. The van der Waals surface area contributed by atoms with Crippen molar-refractivity contribution in [1.82, 2.24) is 0 Å². The highest BCUT2D eigenvalue weighted by atomic mass is 31.1. The Kier molecular flexibility index (Phi) is 0.986. The van der Waals surface area contributed by atoms with Gasteiger partial charge in [0, 0.05) is 13.1 Å². The molecule has 0 bridgehead atoms. The third-order valence-corrected chi connectivity index (χ3v) is 2.60. The molecule has 0 aliphatic carbocycles. The summed E-state index contributed by atoms with van der Waals surface area (Å²) in [5.41, 5.74) is 0.